The second-order valence-corrected chi connectivity index (χ2v) is 6.97. The number of aliphatic imine (C=N–C) groups is 1. The van der Waals surface area contributed by atoms with Gasteiger partial charge in [-0.15, -0.1) is 0 Å². The molecule has 3 heterocycles. The van der Waals surface area contributed by atoms with Gasteiger partial charge in [-0.3, -0.25) is 0 Å². The summed E-state index contributed by atoms with van der Waals surface area (Å²) in [5, 5.41) is 14.1. The molecule has 0 bridgehead atoms. The van der Waals surface area contributed by atoms with Gasteiger partial charge in [0.1, 0.15) is 5.82 Å². The Morgan fingerprint density at radius 1 is 1.31 bits per heavy atom. The molecule has 2 aromatic heterocycles. The standard InChI is InChI=1S/C18H12ClFN4OS/c19-14-7-12(20)4-3-10(14)8-23-18-24-17(25)15(26-18)6-11-9-22-16-13(11)2-1-5-21-16/h1-7,9,25H,8H2,(H,23,24). The number of benzene rings is 1. The number of nitrogens with one attached hydrogen (secondary N) is 1. The number of halogens is 2. The summed E-state index contributed by atoms with van der Waals surface area (Å²) in [7, 11) is 0. The summed E-state index contributed by atoms with van der Waals surface area (Å²) in [6, 6.07) is 7.99. The van der Waals surface area contributed by atoms with Gasteiger partial charge in [-0.05, 0) is 35.9 Å². The zero-order valence-corrected chi connectivity index (χ0v) is 14.9. The molecule has 0 atom stereocenters. The molecule has 5 nitrogen and oxygen atoms in total. The molecule has 0 spiro atoms. The lowest BCUT2D eigenvalue weighted by Gasteiger charge is -2.05. The second-order valence-electron chi connectivity index (χ2n) is 5.53. The van der Waals surface area contributed by atoms with Crippen molar-refractivity contribution in [2.75, 3.05) is 5.32 Å². The van der Waals surface area contributed by atoms with Crippen LogP contribution < -0.4 is 5.32 Å². The van der Waals surface area contributed by atoms with E-state index in [1.165, 1.54) is 23.5 Å². The van der Waals surface area contributed by atoms with Crippen LogP contribution >= 0.6 is 22.9 Å². The van der Waals surface area contributed by atoms with Crippen molar-refractivity contribution in [2.24, 2.45) is 4.99 Å². The number of allylic oxidation sites excluding steroid dienone is 1. The minimum Gasteiger partial charge on any atom is -0.492 e. The third-order valence-corrected chi connectivity index (χ3v) is 5.09. The van der Waals surface area contributed by atoms with Crippen LogP contribution in [0.4, 0.5) is 15.3 Å². The highest BCUT2D eigenvalue weighted by Crippen LogP contribution is 2.35. The SMILES string of the molecule is Oc1nc(NCc2ccc(F)cc2Cl)sc1C=C1C=Nc2ncccc21. The first kappa shape index (κ1) is 16.7. The molecule has 0 radical (unpaired) electrons. The minimum atomic E-state index is -0.382. The van der Waals surface area contributed by atoms with Gasteiger partial charge in [0.25, 0.3) is 0 Å². The van der Waals surface area contributed by atoms with E-state index in [0.29, 0.717) is 27.4 Å². The smallest absolute Gasteiger partial charge is 0.231 e. The number of thiazole rings is 1. The molecular formula is C18H12ClFN4OS. The largest absolute Gasteiger partial charge is 0.492 e. The van der Waals surface area contributed by atoms with Crippen LogP contribution in [-0.2, 0) is 6.54 Å². The molecule has 0 saturated heterocycles. The Morgan fingerprint density at radius 2 is 2.19 bits per heavy atom. The summed E-state index contributed by atoms with van der Waals surface area (Å²) in [4.78, 5) is 13.2. The van der Waals surface area contributed by atoms with E-state index >= 15 is 0 Å². The van der Waals surface area contributed by atoms with Crippen LogP contribution in [0, 0.1) is 5.82 Å². The van der Waals surface area contributed by atoms with E-state index in [9.17, 15) is 9.50 Å². The number of rotatable bonds is 4. The van der Waals surface area contributed by atoms with Gasteiger partial charge >= 0.3 is 0 Å². The van der Waals surface area contributed by atoms with Gasteiger partial charge in [-0.25, -0.2) is 14.4 Å². The summed E-state index contributed by atoms with van der Waals surface area (Å²) in [6.07, 6.45) is 5.22. The predicted octanol–water partition coefficient (Wildman–Crippen LogP) is 4.90. The van der Waals surface area contributed by atoms with Crippen LogP contribution in [0.3, 0.4) is 0 Å². The molecule has 130 valence electrons. The molecule has 3 aromatic rings. The Bertz CT molecular complexity index is 1050. The highest BCUT2D eigenvalue weighted by molar-refractivity contribution is 7.16. The molecular weight excluding hydrogens is 375 g/mol. The van der Waals surface area contributed by atoms with Gasteiger partial charge < -0.3 is 10.4 Å². The number of hydrogen-bond acceptors (Lipinski definition) is 6. The molecule has 2 N–H and O–H groups in total. The molecule has 1 aromatic carbocycles. The molecule has 0 amide bonds. The Morgan fingerprint density at radius 3 is 3.04 bits per heavy atom. The van der Waals surface area contributed by atoms with E-state index < -0.39 is 0 Å². The van der Waals surface area contributed by atoms with Crippen molar-refractivity contribution in [3.63, 3.8) is 0 Å². The van der Waals surface area contributed by atoms with Crippen molar-refractivity contribution in [3.05, 3.63) is 63.4 Å². The van der Waals surface area contributed by atoms with Crippen molar-refractivity contribution in [2.45, 2.75) is 6.54 Å². The topological polar surface area (TPSA) is 70.4 Å². The van der Waals surface area contributed by atoms with E-state index in [2.05, 4.69) is 20.3 Å². The number of fused-ring (bicyclic) bond motifs is 1. The third-order valence-electron chi connectivity index (χ3n) is 3.79. The van der Waals surface area contributed by atoms with Crippen LogP contribution in [0.2, 0.25) is 5.02 Å². The molecule has 26 heavy (non-hydrogen) atoms. The molecule has 0 aliphatic carbocycles. The van der Waals surface area contributed by atoms with Crippen LogP contribution in [0.1, 0.15) is 16.0 Å². The van der Waals surface area contributed by atoms with Crippen LogP contribution in [0.15, 0.2) is 41.5 Å². The van der Waals surface area contributed by atoms with Gasteiger partial charge in [0.2, 0.25) is 5.88 Å². The molecule has 8 heteroatoms. The Hall–Kier alpha value is -2.77. The average molecular weight is 387 g/mol. The Balaban J connectivity index is 1.53. The van der Waals surface area contributed by atoms with Crippen molar-refractivity contribution in [3.8, 4) is 5.88 Å². The van der Waals surface area contributed by atoms with Crippen molar-refractivity contribution >= 4 is 51.8 Å². The number of nitrogens with zero attached hydrogens (tertiary/aromatic N) is 3. The summed E-state index contributed by atoms with van der Waals surface area (Å²) in [6.45, 7) is 0.371. The van der Waals surface area contributed by atoms with E-state index in [0.717, 1.165) is 16.7 Å². The van der Waals surface area contributed by atoms with Crippen molar-refractivity contribution in [1.29, 1.82) is 0 Å². The van der Waals surface area contributed by atoms with E-state index in [1.54, 1.807) is 18.5 Å². The van der Waals surface area contributed by atoms with E-state index in [1.807, 2.05) is 18.2 Å². The monoisotopic (exact) mass is 386 g/mol. The van der Waals surface area contributed by atoms with Gasteiger partial charge in [-0.2, -0.15) is 4.98 Å². The highest BCUT2D eigenvalue weighted by Gasteiger charge is 2.15. The molecule has 0 saturated carbocycles. The number of aromatic nitrogens is 2. The van der Waals surface area contributed by atoms with Crippen LogP contribution in [0.5, 0.6) is 5.88 Å². The molecule has 0 unspecified atom stereocenters. The maximum Gasteiger partial charge on any atom is 0.231 e. The van der Waals surface area contributed by atoms with Gasteiger partial charge in [0, 0.05) is 35.1 Å². The van der Waals surface area contributed by atoms with Gasteiger partial charge in [0.05, 0.1) is 4.88 Å². The van der Waals surface area contributed by atoms with Crippen molar-refractivity contribution < 1.29 is 9.50 Å². The summed E-state index contributed by atoms with van der Waals surface area (Å²) in [5.74, 6) is 0.209. The fourth-order valence-corrected chi connectivity index (χ4v) is 3.55. The summed E-state index contributed by atoms with van der Waals surface area (Å²) >= 11 is 7.32. The summed E-state index contributed by atoms with van der Waals surface area (Å²) < 4.78 is 13.1. The van der Waals surface area contributed by atoms with Crippen LogP contribution in [-0.4, -0.2) is 21.3 Å². The lowest BCUT2D eigenvalue weighted by molar-refractivity contribution is 0.456. The zero-order valence-electron chi connectivity index (χ0n) is 13.3. The lowest BCUT2D eigenvalue weighted by Crippen LogP contribution is -1.99. The molecule has 4 rings (SSSR count). The number of anilines is 1. The van der Waals surface area contributed by atoms with Crippen molar-refractivity contribution in [1.82, 2.24) is 9.97 Å². The third kappa shape index (κ3) is 3.31. The predicted molar refractivity (Wildman–Crippen MR) is 103 cm³/mol. The number of aromatic hydroxyl groups is 1. The van der Waals surface area contributed by atoms with E-state index in [-0.39, 0.29) is 11.7 Å². The Labute approximate surface area is 157 Å². The minimum absolute atomic E-state index is 0.0686. The average Bonchev–Trinajstić information content (AvgIpc) is 3.19. The molecule has 0 fully saturated rings. The fraction of sp³-hybridized carbons (Fsp3) is 0.0556. The molecule has 1 aliphatic rings. The first-order chi connectivity index (χ1) is 12.6. The normalized spacial score (nSPS) is 14.0. The quantitative estimate of drug-likeness (QED) is 0.668. The second kappa shape index (κ2) is 6.86. The number of hydrogen-bond donors (Lipinski definition) is 2. The highest BCUT2D eigenvalue weighted by atomic mass is 35.5. The van der Waals surface area contributed by atoms with E-state index in [4.69, 9.17) is 11.6 Å². The lowest BCUT2D eigenvalue weighted by atomic mass is 10.1. The first-order valence-corrected chi connectivity index (χ1v) is 8.88. The number of pyridine rings is 1. The van der Waals surface area contributed by atoms with Crippen LogP contribution in [0.25, 0.3) is 11.6 Å². The first-order valence-electron chi connectivity index (χ1n) is 7.69. The summed E-state index contributed by atoms with van der Waals surface area (Å²) in [5.41, 5.74) is 2.51. The van der Waals surface area contributed by atoms with Gasteiger partial charge in [-0.1, -0.05) is 29.0 Å². The zero-order chi connectivity index (χ0) is 18.1. The molecule has 1 aliphatic heterocycles. The van der Waals surface area contributed by atoms with Gasteiger partial charge in [0.15, 0.2) is 10.9 Å². The maximum atomic E-state index is 13.1. The maximum absolute atomic E-state index is 13.1. The fourth-order valence-electron chi connectivity index (χ4n) is 2.51. The Kier molecular flexibility index (Phi) is 4.40.